The number of ether oxygens (including phenoxy) is 1. The van der Waals surface area contributed by atoms with Crippen molar-refractivity contribution in [2.75, 3.05) is 25.0 Å². The molecule has 16 heteroatoms. The van der Waals surface area contributed by atoms with Crippen LogP contribution in [0.15, 0.2) is 30.6 Å². The Kier molecular flexibility index (Phi) is 12.6. The SMILES string of the molecule is CCc1cc(NC(=O)c2ncc(-c3cn(CC(F)F)nc3C(F)(F)F)n2C)ccc1C(=O)NCCCCCNCC(=O)OC(C)(C)C. The molecule has 3 rings (SSSR count). The normalized spacial score (nSPS) is 12.0. The van der Waals surface area contributed by atoms with Gasteiger partial charge in [-0.15, -0.1) is 0 Å². The Hall–Kier alpha value is -4.34. The number of rotatable bonds is 15. The number of esters is 1. The Morgan fingerprint density at radius 3 is 2.36 bits per heavy atom. The number of aryl methyl sites for hydroxylation is 1. The number of hydrogen-bond donors (Lipinski definition) is 3. The fourth-order valence-corrected chi connectivity index (χ4v) is 4.71. The van der Waals surface area contributed by atoms with Crippen molar-refractivity contribution >= 4 is 23.5 Å². The van der Waals surface area contributed by atoms with Gasteiger partial charge in [0.25, 0.3) is 18.2 Å². The maximum atomic E-state index is 13.6. The molecule has 0 aliphatic rings. The summed E-state index contributed by atoms with van der Waals surface area (Å²) in [5.41, 5.74) is -1.10. The number of unbranched alkanes of at least 4 members (excludes halogenated alkanes) is 2. The quantitative estimate of drug-likeness (QED) is 0.115. The van der Waals surface area contributed by atoms with Crippen LogP contribution in [-0.2, 0) is 35.7 Å². The van der Waals surface area contributed by atoms with E-state index in [1.807, 2.05) is 27.7 Å². The van der Waals surface area contributed by atoms with Crippen LogP contribution in [-0.4, -0.2) is 68.8 Å². The molecule has 0 radical (unpaired) electrons. The molecule has 0 aliphatic heterocycles. The van der Waals surface area contributed by atoms with Crippen molar-refractivity contribution in [1.29, 1.82) is 0 Å². The molecule has 47 heavy (non-hydrogen) atoms. The first kappa shape index (κ1) is 37.1. The second-order valence-corrected chi connectivity index (χ2v) is 11.8. The van der Waals surface area contributed by atoms with Gasteiger partial charge in [-0.25, -0.2) is 13.8 Å². The summed E-state index contributed by atoms with van der Waals surface area (Å²) in [5.74, 6) is -1.54. The molecule has 2 aromatic heterocycles. The number of benzene rings is 1. The number of anilines is 1. The van der Waals surface area contributed by atoms with Gasteiger partial charge in [-0.3, -0.25) is 19.1 Å². The third-order valence-electron chi connectivity index (χ3n) is 6.82. The predicted molar refractivity (Wildman–Crippen MR) is 164 cm³/mol. The third-order valence-corrected chi connectivity index (χ3v) is 6.82. The lowest BCUT2D eigenvalue weighted by Crippen LogP contribution is -2.32. The standard InChI is InChI=1S/C31H40F5N7O4/c1-6-19-14-20(10-11-21(19)28(45)38-13-9-7-8-12-37-16-25(44)47-30(2,3)4)40-29(46)27-39-15-23(42(27)5)22-17-43(18-24(32)33)41-26(22)31(34,35)36/h10-11,14-15,17,24,37H,6-9,12-13,16,18H2,1-5H3,(H,38,45)(H,40,46). The number of nitrogens with one attached hydrogen (secondary N) is 3. The topological polar surface area (TPSA) is 132 Å². The van der Waals surface area contributed by atoms with Crippen molar-refractivity contribution in [3.8, 4) is 11.3 Å². The van der Waals surface area contributed by atoms with E-state index >= 15 is 0 Å². The molecule has 0 bridgehead atoms. The number of amides is 2. The number of aromatic nitrogens is 4. The van der Waals surface area contributed by atoms with Gasteiger partial charge in [-0.1, -0.05) is 13.3 Å². The summed E-state index contributed by atoms with van der Waals surface area (Å²) in [6.07, 6.45) is -3.10. The molecule has 1 aromatic carbocycles. The monoisotopic (exact) mass is 669 g/mol. The lowest BCUT2D eigenvalue weighted by molar-refractivity contribution is -0.153. The largest absolute Gasteiger partial charge is 0.459 e. The smallest absolute Gasteiger partial charge is 0.435 e. The lowest BCUT2D eigenvalue weighted by Gasteiger charge is -2.19. The predicted octanol–water partition coefficient (Wildman–Crippen LogP) is 5.21. The maximum Gasteiger partial charge on any atom is 0.435 e. The first-order valence-electron chi connectivity index (χ1n) is 15.1. The van der Waals surface area contributed by atoms with E-state index in [4.69, 9.17) is 4.74 Å². The van der Waals surface area contributed by atoms with Gasteiger partial charge in [0.1, 0.15) is 12.1 Å². The molecule has 0 saturated heterocycles. The van der Waals surface area contributed by atoms with Gasteiger partial charge in [0.2, 0.25) is 0 Å². The highest BCUT2D eigenvalue weighted by Crippen LogP contribution is 2.36. The van der Waals surface area contributed by atoms with Crippen LogP contribution in [0.5, 0.6) is 0 Å². The van der Waals surface area contributed by atoms with Crippen LogP contribution < -0.4 is 16.0 Å². The van der Waals surface area contributed by atoms with E-state index in [9.17, 15) is 36.3 Å². The van der Waals surface area contributed by atoms with Crippen LogP contribution in [0.1, 0.15) is 79.2 Å². The minimum atomic E-state index is -4.93. The number of nitrogens with zero attached hydrogens (tertiary/aromatic N) is 4. The highest BCUT2D eigenvalue weighted by atomic mass is 19.4. The molecule has 3 N–H and O–H groups in total. The number of hydrogen-bond acceptors (Lipinski definition) is 7. The Balaban J connectivity index is 1.56. The van der Waals surface area contributed by atoms with E-state index in [-0.39, 0.29) is 29.9 Å². The summed E-state index contributed by atoms with van der Waals surface area (Å²) in [4.78, 5) is 41.6. The van der Waals surface area contributed by atoms with Gasteiger partial charge >= 0.3 is 12.1 Å². The minimum Gasteiger partial charge on any atom is -0.459 e. The Morgan fingerprint density at radius 1 is 1.02 bits per heavy atom. The second kappa shape index (κ2) is 16.0. The van der Waals surface area contributed by atoms with Crippen molar-refractivity contribution in [3.63, 3.8) is 0 Å². The molecule has 0 atom stereocenters. The van der Waals surface area contributed by atoms with Crippen LogP contribution in [0.4, 0.5) is 27.6 Å². The van der Waals surface area contributed by atoms with Gasteiger partial charge in [-0.05, 0) is 70.3 Å². The molecule has 11 nitrogen and oxygen atoms in total. The second-order valence-electron chi connectivity index (χ2n) is 11.8. The van der Waals surface area contributed by atoms with Gasteiger partial charge in [0.05, 0.1) is 24.0 Å². The van der Waals surface area contributed by atoms with Gasteiger partial charge in [0, 0.05) is 31.0 Å². The number of halogens is 5. The molecular formula is C31H40F5N7O4. The van der Waals surface area contributed by atoms with Crippen molar-refractivity contribution in [1.82, 2.24) is 30.0 Å². The number of carbonyl (C=O) groups is 3. The summed E-state index contributed by atoms with van der Waals surface area (Å²) in [7, 11) is 1.33. The summed E-state index contributed by atoms with van der Waals surface area (Å²) < 4.78 is 73.3. The molecule has 0 fully saturated rings. The van der Waals surface area contributed by atoms with E-state index in [0.717, 1.165) is 36.2 Å². The van der Waals surface area contributed by atoms with Gasteiger partial charge in [0.15, 0.2) is 11.5 Å². The molecule has 258 valence electrons. The van der Waals surface area contributed by atoms with E-state index in [2.05, 4.69) is 26.0 Å². The molecule has 2 amide bonds. The van der Waals surface area contributed by atoms with Crippen molar-refractivity contribution in [2.45, 2.75) is 78.1 Å². The van der Waals surface area contributed by atoms with Crippen molar-refractivity contribution < 1.29 is 41.1 Å². The summed E-state index contributed by atoms with van der Waals surface area (Å²) in [6, 6.07) is 4.73. The maximum absolute atomic E-state index is 13.6. The molecule has 3 aromatic rings. The first-order chi connectivity index (χ1) is 22.0. The van der Waals surface area contributed by atoms with E-state index in [0.29, 0.717) is 41.0 Å². The van der Waals surface area contributed by atoms with Crippen LogP contribution >= 0.6 is 0 Å². The van der Waals surface area contributed by atoms with Crippen LogP contribution in [0.25, 0.3) is 11.3 Å². The molecule has 0 unspecified atom stereocenters. The first-order valence-corrected chi connectivity index (χ1v) is 15.1. The highest BCUT2D eigenvalue weighted by molar-refractivity contribution is 6.03. The lowest BCUT2D eigenvalue weighted by atomic mass is 10.0. The van der Waals surface area contributed by atoms with Gasteiger partial charge < -0.3 is 25.3 Å². The van der Waals surface area contributed by atoms with Crippen LogP contribution in [0.3, 0.4) is 0 Å². The highest BCUT2D eigenvalue weighted by Gasteiger charge is 2.39. The van der Waals surface area contributed by atoms with Crippen molar-refractivity contribution in [3.05, 3.63) is 53.2 Å². The minimum absolute atomic E-state index is 0.133. The fraction of sp³-hybridized carbons (Fsp3) is 0.516. The molecule has 0 saturated carbocycles. The van der Waals surface area contributed by atoms with E-state index in [1.54, 1.807) is 12.1 Å². The zero-order chi connectivity index (χ0) is 34.9. The Labute approximate surface area is 269 Å². The summed E-state index contributed by atoms with van der Waals surface area (Å²) in [6.45, 7) is 7.46. The van der Waals surface area contributed by atoms with E-state index < -0.39 is 41.9 Å². The molecular weight excluding hydrogens is 629 g/mol. The number of imidazole rings is 1. The molecule has 0 spiro atoms. The summed E-state index contributed by atoms with van der Waals surface area (Å²) >= 11 is 0. The zero-order valence-corrected chi connectivity index (χ0v) is 26.9. The van der Waals surface area contributed by atoms with Crippen molar-refractivity contribution in [2.24, 2.45) is 7.05 Å². The Bertz CT molecular complexity index is 1540. The molecule has 2 heterocycles. The van der Waals surface area contributed by atoms with Gasteiger partial charge in [-0.2, -0.15) is 18.3 Å². The number of alkyl halides is 5. The average molecular weight is 670 g/mol. The van der Waals surface area contributed by atoms with Crippen LogP contribution in [0, 0.1) is 0 Å². The zero-order valence-electron chi connectivity index (χ0n) is 26.9. The fourth-order valence-electron chi connectivity index (χ4n) is 4.71. The third kappa shape index (κ3) is 10.9. The number of carbonyl (C=O) groups excluding carboxylic acids is 3. The van der Waals surface area contributed by atoms with Crippen LogP contribution in [0.2, 0.25) is 0 Å². The summed E-state index contributed by atoms with van der Waals surface area (Å²) in [5, 5.41) is 11.8. The molecule has 0 aliphatic carbocycles. The average Bonchev–Trinajstić information content (AvgIpc) is 3.56. The Morgan fingerprint density at radius 2 is 1.72 bits per heavy atom. The van der Waals surface area contributed by atoms with E-state index in [1.165, 1.54) is 13.1 Å².